The van der Waals surface area contributed by atoms with Crippen LogP contribution in [-0.4, -0.2) is 47.4 Å². The average molecular weight is 453 g/mol. The smallest absolute Gasteiger partial charge is 0.251 e. The fourth-order valence-electron chi connectivity index (χ4n) is 5.33. The van der Waals surface area contributed by atoms with Gasteiger partial charge < -0.3 is 20.3 Å². The third kappa shape index (κ3) is 3.77. The summed E-state index contributed by atoms with van der Waals surface area (Å²) in [6, 6.07) is 7.43. The minimum absolute atomic E-state index is 0.0286. The monoisotopic (exact) mass is 452 g/mol. The molecule has 2 amide bonds. The molecular formula is C24H28N4O3S. The van der Waals surface area contributed by atoms with Crippen molar-refractivity contribution < 1.29 is 14.3 Å². The molecule has 1 fully saturated rings. The van der Waals surface area contributed by atoms with Gasteiger partial charge in [0.25, 0.3) is 5.91 Å². The minimum Gasteiger partial charge on any atom is -0.496 e. The van der Waals surface area contributed by atoms with Gasteiger partial charge in [-0.1, -0.05) is 31.0 Å². The molecule has 2 N–H and O–H groups in total. The van der Waals surface area contributed by atoms with E-state index in [1.807, 2.05) is 34.5 Å². The molecule has 0 unspecified atom stereocenters. The van der Waals surface area contributed by atoms with Crippen LogP contribution < -0.4 is 15.4 Å². The number of aryl methyl sites for hydroxylation is 1. The Hall–Kier alpha value is -2.87. The fraction of sp³-hybridized carbons (Fsp3) is 0.458. The van der Waals surface area contributed by atoms with E-state index in [0.29, 0.717) is 30.7 Å². The lowest BCUT2D eigenvalue weighted by atomic mass is 9.87. The van der Waals surface area contributed by atoms with Gasteiger partial charge in [-0.3, -0.25) is 9.59 Å². The zero-order valence-electron chi connectivity index (χ0n) is 18.2. The molecule has 1 aromatic carbocycles. The van der Waals surface area contributed by atoms with E-state index in [0.717, 1.165) is 42.0 Å². The summed E-state index contributed by atoms with van der Waals surface area (Å²) < 4.78 is 5.69. The van der Waals surface area contributed by atoms with Gasteiger partial charge in [-0.25, -0.2) is 4.98 Å². The number of benzene rings is 1. The molecule has 0 bridgehead atoms. The highest BCUT2D eigenvalue weighted by Gasteiger charge is 2.46. The van der Waals surface area contributed by atoms with E-state index in [4.69, 9.17) is 4.74 Å². The molecular weight excluding hydrogens is 424 g/mol. The molecule has 168 valence electrons. The number of aromatic nitrogens is 1. The van der Waals surface area contributed by atoms with Crippen LogP contribution in [0, 0.1) is 0 Å². The molecule has 1 aromatic heterocycles. The van der Waals surface area contributed by atoms with Gasteiger partial charge in [0.05, 0.1) is 36.3 Å². The molecule has 0 saturated heterocycles. The Morgan fingerprint density at radius 3 is 2.94 bits per heavy atom. The van der Waals surface area contributed by atoms with Gasteiger partial charge in [-0.15, -0.1) is 11.3 Å². The molecule has 2 aromatic rings. The number of rotatable bonds is 5. The van der Waals surface area contributed by atoms with Crippen molar-refractivity contribution in [1.29, 1.82) is 0 Å². The van der Waals surface area contributed by atoms with Crippen LogP contribution in [-0.2, 0) is 16.0 Å². The van der Waals surface area contributed by atoms with E-state index in [1.165, 1.54) is 0 Å². The first-order valence-electron chi connectivity index (χ1n) is 11.3. The lowest BCUT2D eigenvalue weighted by Crippen LogP contribution is -2.53. The lowest BCUT2D eigenvalue weighted by molar-refractivity contribution is -0.137. The number of nitrogens with one attached hydrogen (secondary N) is 2. The third-order valence-electron chi connectivity index (χ3n) is 6.75. The molecule has 0 radical (unpaired) electrons. The molecule has 3 aliphatic rings. The van der Waals surface area contributed by atoms with Gasteiger partial charge in [0.2, 0.25) is 5.91 Å². The normalized spacial score (nSPS) is 24.8. The summed E-state index contributed by atoms with van der Waals surface area (Å²) in [5.41, 5.74) is 2.42. The van der Waals surface area contributed by atoms with Crippen molar-refractivity contribution in [2.24, 2.45) is 0 Å². The summed E-state index contributed by atoms with van der Waals surface area (Å²) >= 11 is 1.57. The highest BCUT2D eigenvalue weighted by Crippen LogP contribution is 2.43. The maximum absolute atomic E-state index is 13.9. The molecule has 1 aliphatic carbocycles. The standard InChI is InChI=1S/C24H28N4O3S/c1-31-19-9-5-2-6-15(19)23-22-17(14-26-24(22)30)27-16-7-3-4-8-18(16)28(23)21(29)11-10-20-25-12-13-32-20/h2,5-6,9,12-13,16,18,23,27H,3-4,7-8,10-11,14H2,1H3,(H,26,30)/t16-,18-,23-/m1/s1. The molecule has 7 nitrogen and oxygen atoms in total. The Morgan fingerprint density at radius 2 is 2.12 bits per heavy atom. The first kappa shape index (κ1) is 21.0. The number of thiazole rings is 1. The van der Waals surface area contributed by atoms with E-state index in [-0.39, 0.29) is 23.9 Å². The van der Waals surface area contributed by atoms with Crippen molar-refractivity contribution in [2.75, 3.05) is 13.7 Å². The molecule has 1 saturated carbocycles. The van der Waals surface area contributed by atoms with E-state index < -0.39 is 6.04 Å². The average Bonchev–Trinajstić information content (AvgIpc) is 3.43. The molecule has 3 heterocycles. The maximum atomic E-state index is 13.9. The second kappa shape index (κ2) is 8.94. The first-order valence-corrected chi connectivity index (χ1v) is 12.2. The number of amides is 2. The Kier molecular flexibility index (Phi) is 5.87. The summed E-state index contributed by atoms with van der Waals surface area (Å²) in [6.45, 7) is 0.476. The number of hydrogen-bond acceptors (Lipinski definition) is 6. The van der Waals surface area contributed by atoms with Crippen molar-refractivity contribution in [2.45, 2.75) is 56.7 Å². The van der Waals surface area contributed by atoms with Crippen LogP contribution in [0.1, 0.15) is 48.7 Å². The number of carbonyl (C=O) groups is 2. The van der Waals surface area contributed by atoms with Crippen LogP contribution in [0.4, 0.5) is 0 Å². The number of nitrogens with zero attached hydrogens (tertiary/aromatic N) is 2. The van der Waals surface area contributed by atoms with E-state index in [9.17, 15) is 9.59 Å². The van der Waals surface area contributed by atoms with Gasteiger partial charge in [-0.2, -0.15) is 0 Å². The Morgan fingerprint density at radius 1 is 1.28 bits per heavy atom. The third-order valence-corrected chi connectivity index (χ3v) is 7.59. The van der Waals surface area contributed by atoms with Crippen LogP contribution in [0.5, 0.6) is 5.75 Å². The summed E-state index contributed by atoms with van der Waals surface area (Å²) in [4.78, 5) is 33.3. The topological polar surface area (TPSA) is 83.6 Å². The molecule has 3 atom stereocenters. The van der Waals surface area contributed by atoms with Crippen molar-refractivity contribution in [1.82, 2.24) is 20.5 Å². The molecule has 5 rings (SSSR count). The van der Waals surface area contributed by atoms with Crippen molar-refractivity contribution in [3.8, 4) is 5.75 Å². The molecule has 2 aliphatic heterocycles. The SMILES string of the molecule is COc1ccccc1[C@@H]1C2=C(CNC2=O)N[C@@H]2CCCC[C@H]2N1C(=O)CCc1nccs1. The Labute approximate surface area is 191 Å². The highest BCUT2D eigenvalue weighted by atomic mass is 32.1. The van der Waals surface area contributed by atoms with E-state index in [1.54, 1.807) is 24.6 Å². The number of methoxy groups -OCH3 is 1. The van der Waals surface area contributed by atoms with E-state index in [2.05, 4.69) is 15.6 Å². The summed E-state index contributed by atoms with van der Waals surface area (Å²) in [7, 11) is 1.63. The van der Waals surface area contributed by atoms with Crippen LogP contribution in [0.2, 0.25) is 0 Å². The van der Waals surface area contributed by atoms with Gasteiger partial charge in [0.15, 0.2) is 0 Å². The predicted molar refractivity (Wildman–Crippen MR) is 122 cm³/mol. The van der Waals surface area contributed by atoms with Crippen molar-refractivity contribution in [3.63, 3.8) is 0 Å². The zero-order chi connectivity index (χ0) is 22.1. The number of ether oxygens (including phenoxy) is 1. The van der Waals surface area contributed by atoms with Crippen molar-refractivity contribution in [3.05, 3.63) is 57.7 Å². The lowest BCUT2D eigenvalue weighted by Gasteiger charge is -2.43. The summed E-state index contributed by atoms with van der Waals surface area (Å²) in [5.74, 6) is 0.638. The first-order chi connectivity index (χ1) is 15.7. The molecule has 8 heteroatoms. The second-order valence-corrected chi connectivity index (χ2v) is 9.53. The second-order valence-electron chi connectivity index (χ2n) is 8.55. The number of hydrogen-bond donors (Lipinski definition) is 2. The number of carbonyl (C=O) groups excluding carboxylic acids is 2. The summed E-state index contributed by atoms with van der Waals surface area (Å²) in [5, 5.41) is 9.52. The Bertz CT molecular complexity index is 1040. The molecule has 32 heavy (non-hydrogen) atoms. The maximum Gasteiger partial charge on any atom is 0.251 e. The van der Waals surface area contributed by atoms with Gasteiger partial charge >= 0.3 is 0 Å². The summed E-state index contributed by atoms with van der Waals surface area (Å²) in [6.07, 6.45) is 6.86. The largest absolute Gasteiger partial charge is 0.496 e. The highest BCUT2D eigenvalue weighted by molar-refractivity contribution is 7.09. The molecule has 0 spiro atoms. The predicted octanol–water partition coefficient (Wildman–Crippen LogP) is 2.95. The quantitative estimate of drug-likeness (QED) is 0.729. The van der Waals surface area contributed by atoms with Crippen LogP contribution in [0.25, 0.3) is 0 Å². The Balaban J connectivity index is 1.60. The van der Waals surface area contributed by atoms with Gasteiger partial charge in [0.1, 0.15) is 5.75 Å². The van der Waals surface area contributed by atoms with Crippen molar-refractivity contribution >= 4 is 23.2 Å². The fourth-order valence-corrected chi connectivity index (χ4v) is 5.95. The minimum atomic E-state index is -0.479. The van der Waals surface area contributed by atoms with Gasteiger partial charge in [-0.05, 0) is 18.9 Å². The van der Waals surface area contributed by atoms with Crippen LogP contribution in [0.15, 0.2) is 47.1 Å². The van der Waals surface area contributed by atoms with Gasteiger partial charge in [0, 0.05) is 41.7 Å². The zero-order valence-corrected chi connectivity index (χ0v) is 19.0. The van der Waals surface area contributed by atoms with Crippen LogP contribution >= 0.6 is 11.3 Å². The number of para-hydroxylation sites is 1. The number of fused-ring (bicyclic) bond motifs is 1. The van der Waals surface area contributed by atoms with Crippen LogP contribution in [0.3, 0.4) is 0 Å². The van der Waals surface area contributed by atoms with E-state index >= 15 is 0 Å².